The normalized spacial score (nSPS) is 12.0. The van der Waals surface area contributed by atoms with Crippen LogP contribution in [0.5, 0.6) is 5.75 Å². The first-order valence-corrected chi connectivity index (χ1v) is 10.1. The molecule has 2 aromatic heterocycles. The SMILES string of the molecule is CCn1c(SC(C)C(=O)Nc2nnc(C)s2)nnc1-c1ccc(OC)cc1. The van der Waals surface area contributed by atoms with Gasteiger partial charge in [-0.15, -0.1) is 20.4 Å². The van der Waals surface area contributed by atoms with Gasteiger partial charge in [0.1, 0.15) is 10.8 Å². The Balaban J connectivity index is 1.74. The van der Waals surface area contributed by atoms with E-state index in [-0.39, 0.29) is 11.2 Å². The summed E-state index contributed by atoms with van der Waals surface area (Å²) in [5.41, 5.74) is 0.943. The predicted octanol–water partition coefficient (Wildman–Crippen LogP) is 3.25. The number of benzene rings is 1. The molecule has 1 amide bonds. The fourth-order valence-corrected chi connectivity index (χ4v) is 3.89. The monoisotopic (exact) mass is 404 g/mol. The van der Waals surface area contributed by atoms with Crippen molar-refractivity contribution in [3.05, 3.63) is 29.3 Å². The van der Waals surface area contributed by atoms with Gasteiger partial charge < -0.3 is 9.30 Å². The van der Waals surface area contributed by atoms with Crippen LogP contribution >= 0.6 is 23.1 Å². The van der Waals surface area contributed by atoms with Crippen LogP contribution < -0.4 is 10.1 Å². The van der Waals surface area contributed by atoms with E-state index in [0.29, 0.717) is 16.8 Å². The number of hydrogen-bond donors (Lipinski definition) is 1. The van der Waals surface area contributed by atoms with Gasteiger partial charge in [-0.1, -0.05) is 23.1 Å². The molecule has 1 aromatic carbocycles. The third-order valence-electron chi connectivity index (χ3n) is 3.79. The molecule has 8 nitrogen and oxygen atoms in total. The van der Waals surface area contributed by atoms with E-state index >= 15 is 0 Å². The van der Waals surface area contributed by atoms with Crippen LogP contribution in [-0.4, -0.2) is 43.2 Å². The number of carbonyl (C=O) groups excluding carboxylic acids is 1. The summed E-state index contributed by atoms with van der Waals surface area (Å²) in [7, 11) is 1.63. The minimum Gasteiger partial charge on any atom is -0.497 e. The fourth-order valence-electron chi connectivity index (χ4n) is 2.38. The highest BCUT2D eigenvalue weighted by Crippen LogP contribution is 2.28. The third-order valence-corrected chi connectivity index (χ3v) is 5.62. The second kappa shape index (κ2) is 8.49. The third kappa shape index (κ3) is 4.45. The fraction of sp³-hybridized carbons (Fsp3) is 0.353. The zero-order valence-corrected chi connectivity index (χ0v) is 17.1. The predicted molar refractivity (Wildman–Crippen MR) is 106 cm³/mol. The topological polar surface area (TPSA) is 94.8 Å². The maximum absolute atomic E-state index is 12.4. The summed E-state index contributed by atoms with van der Waals surface area (Å²) in [5, 5.41) is 20.8. The van der Waals surface area contributed by atoms with Crippen molar-refractivity contribution in [1.82, 2.24) is 25.0 Å². The van der Waals surface area contributed by atoms with E-state index in [0.717, 1.165) is 22.1 Å². The molecular formula is C17H20N6O2S2. The molecular weight excluding hydrogens is 384 g/mol. The Morgan fingerprint density at radius 3 is 2.59 bits per heavy atom. The number of ether oxygens (including phenoxy) is 1. The first-order valence-electron chi connectivity index (χ1n) is 8.37. The number of thioether (sulfide) groups is 1. The van der Waals surface area contributed by atoms with Crippen molar-refractivity contribution in [3.8, 4) is 17.1 Å². The standard InChI is InChI=1S/C17H20N6O2S2/c1-5-23-14(12-6-8-13(25-4)9-7-12)20-22-17(23)26-10(2)15(24)18-16-21-19-11(3)27-16/h6-10H,5H2,1-4H3,(H,18,21,24). The minimum atomic E-state index is -0.354. The Bertz CT molecular complexity index is 922. The molecule has 2 heterocycles. The second-order valence-electron chi connectivity index (χ2n) is 5.65. The van der Waals surface area contributed by atoms with Crippen molar-refractivity contribution in [1.29, 1.82) is 0 Å². The first kappa shape index (κ1) is 19.3. The highest BCUT2D eigenvalue weighted by atomic mass is 32.2. The molecule has 0 aliphatic heterocycles. The molecule has 0 bridgehead atoms. The van der Waals surface area contributed by atoms with Crippen molar-refractivity contribution >= 4 is 34.1 Å². The number of nitrogens with one attached hydrogen (secondary N) is 1. The van der Waals surface area contributed by atoms with Gasteiger partial charge in [-0.25, -0.2) is 0 Å². The van der Waals surface area contributed by atoms with Gasteiger partial charge in [0.15, 0.2) is 11.0 Å². The Labute approximate surface area is 165 Å². The van der Waals surface area contributed by atoms with Gasteiger partial charge in [-0.2, -0.15) is 0 Å². The molecule has 10 heteroatoms. The van der Waals surface area contributed by atoms with Gasteiger partial charge in [0.2, 0.25) is 11.0 Å². The molecule has 0 spiro atoms. The number of aromatic nitrogens is 5. The van der Waals surface area contributed by atoms with Crippen LogP contribution in [0.25, 0.3) is 11.4 Å². The quantitative estimate of drug-likeness (QED) is 0.604. The van der Waals surface area contributed by atoms with Gasteiger partial charge in [-0.05, 0) is 45.0 Å². The Hall–Kier alpha value is -2.46. The number of nitrogens with zero attached hydrogens (tertiary/aromatic N) is 5. The van der Waals surface area contributed by atoms with Gasteiger partial charge in [-0.3, -0.25) is 10.1 Å². The molecule has 1 atom stereocenters. The molecule has 3 rings (SSSR count). The Kier molecular flexibility index (Phi) is 6.07. The van der Waals surface area contributed by atoms with E-state index in [4.69, 9.17) is 4.74 Å². The highest BCUT2D eigenvalue weighted by molar-refractivity contribution is 8.00. The van der Waals surface area contributed by atoms with Gasteiger partial charge in [0.25, 0.3) is 0 Å². The van der Waals surface area contributed by atoms with Crippen LogP contribution in [0.2, 0.25) is 0 Å². The molecule has 27 heavy (non-hydrogen) atoms. The lowest BCUT2D eigenvalue weighted by Crippen LogP contribution is -2.22. The number of carbonyl (C=O) groups is 1. The number of hydrogen-bond acceptors (Lipinski definition) is 8. The van der Waals surface area contributed by atoms with Gasteiger partial charge in [0.05, 0.1) is 12.4 Å². The van der Waals surface area contributed by atoms with E-state index in [1.54, 1.807) is 7.11 Å². The molecule has 0 aliphatic rings. The number of anilines is 1. The summed E-state index contributed by atoms with van der Waals surface area (Å²) in [5.74, 6) is 1.40. The number of amides is 1. The molecule has 1 N–H and O–H groups in total. The molecule has 0 radical (unpaired) electrons. The zero-order chi connectivity index (χ0) is 19.4. The Morgan fingerprint density at radius 2 is 2.00 bits per heavy atom. The van der Waals surface area contributed by atoms with Crippen LogP contribution in [0.15, 0.2) is 29.4 Å². The molecule has 1 unspecified atom stereocenters. The molecule has 0 fully saturated rings. The number of methoxy groups -OCH3 is 1. The van der Waals surface area contributed by atoms with Crippen LogP contribution in [0.3, 0.4) is 0 Å². The summed E-state index contributed by atoms with van der Waals surface area (Å²) < 4.78 is 7.19. The summed E-state index contributed by atoms with van der Waals surface area (Å²) >= 11 is 2.71. The van der Waals surface area contributed by atoms with E-state index in [1.165, 1.54) is 23.1 Å². The van der Waals surface area contributed by atoms with E-state index < -0.39 is 0 Å². The van der Waals surface area contributed by atoms with Crippen molar-refractivity contribution in [2.45, 2.75) is 37.7 Å². The molecule has 0 aliphatic carbocycles. The van der Waals surface area contributed by atoms with Crippen molar-refractivity contribution in [3.63, 3.8) is 0 Å². The smallest absolute Gasteiger partial charge is 0.239 e. The van der Waals surface area contributed by atoms with Crippen molar-refractivity contribution in [2.75, 3.05) is 12.4 Å². The number of aryl methyl sites for hydroxylation is 1. The lowest BCUT2D eigenvalue weighted by atomic mass is 10.2. The Morgan fingerprint density at radius 1 is 1.26 bits per heavy atom. The van der Waals surface area contributed by atoms with Gasteiger partial charge >= 0.3 is 0 Å². The van der Waals surface area contributed by atoms with Gasteiger partial charge in [0, 0.05) is 12.1 Å². The van der Waals surface area contributed by atoms with E-state index in [1.807, 2.05) is 49.6 Å². The van der Waals surface area contributed by atoms with Crippen LogP contribution in [0.1, 0.15) is 18.9 Å². The second-order valence-corrected chi connectivity index (χ2v) is 8.14. The lowest BCUT2D eigenvalue weighted by molar-refractivity contribution is -0.115. The maximum Gasteiger partial charge on any atom is 0.239 e. The van der Waals surface area contributed by atoms with Crippen LogP contribution in [0, 0.1) is 6.92 Å². The van der Waals surface area contributed by atoms with Crippen LogP contribution in [-0.2, 0) is 11.3 Å². The average Bonchev–Trinajstić information content (AvgIpc) is 3.27. The lowest BCUT2D eigenvalue weighted by Gasteiger charge is -2.11. The number of rotatable bonds is 7. The summed E-state index contributed by atoms with van der Waals surface area (Å²) in [4.78, 5) is 12.4. The maximum atomic E-state index is 12.4. The molecule has 142 valence electrons. The zero-order valence-electron chi connectivity index (χ0n) is 15.5. The first-order chi connectivity index (χ1) is 13.0. The summed E-state index contributed by atoms with van der Waals surface area (Å²) in [6.07, 6.45) is 0. The van der Waals surface area contributed by atoms with Crippen molar-refractivity contribution in [2.24, 2.45) is 0 Å². The molecule has 3 aromatic rings. The summed E-state index contributed by atoms with van der Waals surface area (Å²) in [6, 6.07) is 7.66. The van der Waals surface area contributed by atoms with Crippen LogP contribution in [0.4, 0.5) is 5.13 Å². The average molecular weight is 405 g/mol. The highest BCUT2D eigenvalue weighted by Gasteiger charge is 2.21. The van der Waals surface area contributed by atoms with E-state index in [2.05, 4.69) is 25.7 Å². The molecule has 0 saturated carbocycles. The van der Waals surface area contributed by atoms with E-state index in [9.17, 15) is 4.79 Å². The largest absolute Gasteiger partial charge is 0.497 e. The minimum absolute atomic E-state index is 0.146. The molecule has 0 saturated heterocycles. The van der Waals surface area contributed by atoms with Crippen molar-refractivity contribution < 1.29 is 9.53 Å². The summed E-state index contributed by atoms with van der Waals surface area (Å²) in [6.45, 7) is 6.39.